The SMILES string of the molecule is Cc1cc(N2CCC(NC(=O)CC(C)S(=O)(=O)c3ccc4coccc3-4)CC2)ccn1. The maximum atomic E-state index is 13.0. The number of carbonyl (C=O) groups excluding carboxylic acids is 1. The number of nitrogens with zero attached hydrogens (tertiary/aromatic N) is 2. The smallest absolute Gasteiger partial charge is 0.221 e. The van der Waals surface area contributed by atoms with Crippen LogP contribution >= 0.6 is 0 Å². The summed E-state index contributed by atoms with van der Waals surface area (Å²) >= 11 is 0. The molecule has 1 aromatic heterocycles. The highest BCUT2D eigenvalue weighted by molar-refractivity contribution is 7.92. The van der Waals surface area contributed by atoms with Gasteiger partial charge in [-0.3, -0.25) is 9.78 Å². The van der Waals surface area contributed by atoms with E-state index in [2.05, 4.69) is 21.3 Å². The summed E-state index contributed by atoms with van der Waals surface area (Å²) in [6, 6.07) is 9.07. The minimum Gasteiger partial charge on any atom is -0.472 e. The van der Waals surface area contributed by atoms with Gasteiger partial charge in [0.05, 0.1) is 22.7 Å². The largest absolute Gasteiger partial charge is 0.472 e. The number of fused-ring (bicyclic) bond motifs is 1. The number of rotatable bonds is 6. The lowest BCUT2D eigenvalue weighted by molar-refractivity contribution is -0.121. The monoisotopic (exact) mass is 441 g/mol. The Morgan fingerprint density at radius 3 is 2.77 bits per heavy atom. The molecule has 3 aliphatic rings. The minimum absolute atomic E-state index is 0.0583. The van der Waals surface area contributed by atoms with Crippen LogP contribution in [-0.4, -0.2) is 43.7 Å². The first-order chi connectivity index (χ1) is 14.8. The molecule has 8 heteroatoms. The molecule has 1 saturated heterocycles. The van der Waals surface area contributed by atoms with Gasteiger partial charge in [-0.2, -0.15) is 0 Å². The summed E-state index contributed by atoms with van der Waals surface area (Å²) in [7, 11) is -3.62. The number of piperidine rings is 1. The average molecular weight is 442 g/mol. The van der Waals surface area contributed by atoms with Crippen molar-refractivity contribution in [2.45, 2.75) is 49.3 Å². The van der Waals surface area contributed by atoms with Gasteiger partial charge in [0, 0.05) is 54.3 Å². The van der Waals surface area contributed by atoms with Crippen molar-refractivity contribution in [3.8, 4) is 11.1 Å². The number of amides is 1. The molecule has 0 bridgehead atoms. The highest BCUT2D eigenvalue weighted by Gasteiger charge is 2.30. The summed E-state index contributed by atoms with van der Waals surface area (Å²) in [5, 5.41) is 2.22. The number of aromatic nitrogens is 1. The molecular weight excluding hydrogens is 414 g/mol. The number of pyridine rings is 1. The molecule has 0 radical (unpaired) electrons. The van der Waals surface area contributed by atoms with E-state index in [0.717, 1.165) is 42.9 Å². The number of nitrogens with one attached hydrogen (secondary N) is 1. The summed E-state index contributed by atoms with van der Waals surface area (Å²) in [5.41, 5.74) is 3.48. The van der Waals surface area contributed by atoms with E-state index in [1.165, 1.54) is 12.5 Å². The van der Waals surface area contributed by atoms with Crippen LogP contribution in [0, 0.1) is 6.92 Å². The van der Waals surface area contributed by atoms with Gasteiger partial charge in [-0.05, 0) is 57.0 Å². The van der Waals surface area contributed by atoms with Crippen molar-refractivity contribution in [3.63, 3.8) is 0 Å². The fourth-order valence-electron chi connectivity index (χ4n) is 4.12. The fraction of sp³-hybridized carbons (Fsp3) is 0.391. The standard InChI is InChI=1S/C23H27N3O4S/c1-16-13-20(5-9-24-16)26-10-6-19(7-11-26)25-23(27)14-17(2)31(28,29)22-4-3-18-15-30-12-8-21(18)22/h3-5,8-9,12-13,15,17,19H,6-7,10-11,14H2,1-2H3,(H,25,27). The molecule has 1 atom stereocenters. The van der Waals surface area contributed by atoms with Crippen LogP contribution in [0.3, 0.4) is 0 Å². The molecule has 164 valence electrons. The van der Waals surface area contributed by atoms with Gasteiger partial charge in [0.15, 0.2) is 9.84 Å². The fourth-order valence-corrected chi connectivity index (χ4v) is 5.67. The maximum Gasteiger partial charge on any atom is 0.221 e. The number of sulfone groups is 1. The van der Waals surface area contributed by atoms with Crippen LogP contribution in [0.4, 0.5) is 5.69 Å². The van der Waals surface area contributed by atoms with E-state index in [0.29, 0.717) is 5.56 Å². The maximum absolute atomic E-state index is 13.0. The first-order valence-electron chi connectivity index (χ1n) is 10.5. The van der Waals surface area contributed by atoms with E-state index in [1.807, 2.05) is 19.2 Å². The van der Waals surface area contributed by atoms with E-state index in [9.17, 15) is 13.2 Å². The Balaban J connectivity index is 1.33. The summed E-state index contributed by atoms with van der Waals surface area (Å²) < 4.78 is 31.2. The Bertz CT molecular complexity index is 1130. The number of carbonyl (C=O) groups is 1. The highest BCUT2D eigenvalue weighted by atomic mass is 32.2. The molecule has 4 rings (SSSR count). The van der Waals surface area contributed by atoms with Crippen LogP contribution in [0.1, 0.15) is 31.9 Å². The molecule has 1 aliphatic carbocycles. The van der Waals surface area contributed by atoms with Gasteiger partial charge in [-0.1, -0.05) is 0 Å². The van der Waals surface area contributed by atoms with E-state index >= 15 is 0 Å². The van der Waals surface area contributed by atoms with Gasteiger partial charge in [0.2, 0.25) is 5.91 Å². The molecular formula is C23H27N3O4S. The molecule has 0 spiro atoms. The molecule has 1 N–H and O–H groups in total. The first kappa shape index (κ1) is 21.4. The van der Waals surface area contributed by atoms with Crippen LogP contribution in [0.5, 0.6) is 0 Å². The third kappa shape index (κ3) is 4.58. The summed E-state index contributed by atoms with van der Waals surface area (Å²) in [6.45, 7) is 5.24. The second-order valence-corrected chi connectivity index (χ2v) is 10.5. The minimum atomic E-state index is -3.62. The van der Waals surface area contributed by atoms with E-state index in [-0.39, 0.29) is 23.3 Å². The average Bonchev–Trinajstić information content (AvgIpc) is 3.19. The summed E-state index contributed by atoms with van der Waals surface area (Å²) in [6.07, 6.45) is 6.38. The second kappa shape index (κ2) is 8.70. The van der Waals surface area contributed by atoms with Gasteiger partial charge in [0.1, 0.15) is 0 Å². The Kier molecular flexibility index (Phi) is 6.00. The molecule has 7 nitrogen and oxygen atoms in total. The lowest BCUT2D eigenvalue weighted by Gasteiger charge is -2.34. The van der Waals surface area contributed by atoms with Crippen molar-refractivity contribution < 1.29 is 17.6 Å². The van der Waals surface area contributed by atoms with Crippen LogP contribution in [0.15, 0.2) is 58.4 Å². The molecule has 0 saturated carbocycles. The first-order valence-corrected chi connectivity index (χ1v) is 12.0. The second-order valence-electron chi connectivity index (χ2n) is 8.17. The van der Waals surface area contributed by atoms with Crippen molar-refractivity contribution in [1.29, 1.82) is 0 Å². The molecule has 2 aliphatic heterocycles. The Morgan fingerprint density at radius 2 is 2.03 bits per heavy atom. The zero-order valence-electron chi connectivity index (χ0n) is 17.7. The lowest BCUT2D eigenvalue weighted by Crippen LogP contribution is -2.45. The van der Waals surface area contributed by atoms with E-state index in [4.69, 9.17) is 4.42 Å². The molecule has 1 amide bonds. The van der Waals surface area contributed by atoms with Gasteiger partial charge in [0.25, 0.3) is 0 Å². The van der Waals surface area contributed by atoms with Crippen molar-refractivity contribution in [3.05, 3.63) is 54.7 Å². The van der Waals surface area contributed by atoms with Crippen molar-refractivity contribution in [2.24, 2.45) is 0 Å². The molecule has 1 fully saturated rings. The van der Waals surface area contributed by atoms with E-state index < -0.39 is 15.1 Å². The van der Waals surface area contributed by atoms with Gasteiger partial charge < -0.3 is 14.6 Å². The molecule has 3 heterocycles. The number of aryl methyl sites for hydroxylation is 1. The molecule has 31 heavy (non-hydrogen) atoms. The summed E-state index contributed by atoms with van der Waals surface area (Å²) in [4.78, 5) is 19.4. The van der Waals surface area contributed by atoms with Gasteiger partial charge in [-0.15, -0.1) is 0 Å². The predicted octanol–water partition coefficient (Wildman–Crippen LogP) is 3.43. The lowest BCUT2D eigenvalue weighted by atomic mass is 10.0. The zero-order valence-corrected chi connectivity index (χ0v) is 18.6. The number of hydrogen-bond acceptors (Lipinski definition) is 6. The van der Waals surface area contributed by atoms with Gasteiger partial charge >= 0.3 is 0 Å². The Labute approximate surface area is 182 Å². The number of anilines is 1. The Hall–Kier alpha value is -2.87. The van der Waals surface area contributed by atoms with Gasteiger partial charge in [-0.25, -0.2) is 8.42 Å². The van der Waals surface area contributed by atoms with Crippen molar-refractivity contribution in [1.82, 2.24) is 10.3 Å². The topological polar surface area (TPSA) is 92.5 Å². The van der Waals surface area contributed by atoms with E-state index in [1.54, 1.807) is 25.1 Å². The quantitative estimate of drug-likeness (QED) is 0.630. The third-order valence-corrected chi connectivity index (χ3v) is 8.11. The van der Waals surface area contributed by atoms with Crippen LogP contribution in [-0.2, 0) is 14.6 Å². The highest BCUT2D eigenvalue weighted by Crippen LogP contribution is 2.33. The van der Waals surface area contributed by atoms with Crippen LogP contribution in [0.2, 0.25) is 0 Å². The van der Waals surface area contributed by atoms with Crippen LogP contribution < -0.4 is 10.2 Å². The normalized spacial score (nSPS) is 16.4. The summed E-state index contributed by atoms with van der Waals surface area (Å²) in [5.74, 6) is -0.222. The molecule has 0 aromatic carbocycles. The number of hydrogen-bond donors (Lipinski definition) is 1. The van der Waals surface area contributed by atoms with Crippen LogP contribution in [0.25, 0.3) is 11.1 Å². The van der Waals surface area contributed by atoms with Crippen molar-refractivity contribution in [2.75, 3.05) is 18.0 Å². The zero-order chi connectivity index (χ0) is 22.0. The molecule has 1 unspecified atom stereocenters. The van der Waals surface area contributed by atoms with Crippen molar-refractivity contribution >= 4 is 21.4 Å². The predicted molar refractivity (Wildman–Crippen MR) is 119 cm³/mol. The molecule has 1 aromatic rings. The Morgan fingerprint density at radius 1 is 1.26 bits per heavy atom. The third-order valence-electron chi connectivity index (χ3n) is 5.91.